The molecule has 1 unspecified atom stereocenters. The van der Waals surface area contributed by atoms with Gasteiger partial charge in [0.2, 0.25) is 5.91 Å². The van der Waals surface area contributed by atoms with Crippen molar-refractivity contribution in [3.05, 3.63) is 23.8 Å². The molecule has 1 aromatic rings. The first-order valence-electron chi connectivity index (χ1n) is 7.99. The van der Waals surface area contributed by atoms with Crippen LogP contribution in [0.25, 0.3) is 0 Å². The summed E-state index contributed by atoms with van der Waals surface area (Å²) in [5, 5.41) is 2.51. The summed E-state index contributed by atoms with van der Waals surface area (Å²) < 4.78 is 26.6. The average Bonchev–Trinajstić information content (AvgIpc) is 2.81. The van der Waals surface area contributed by atoms with E-state index in [0.29, 0.717) is 13.0 Å². The number of carbonyl (C=O) groups is 2. The van der Waals surface area contributed by atoms with Crippen LogP contribution in [0, 0.1) is 0 Å². The molecule has 1 aromatic carbocycles. The fourth-order valence-electron chi connectivity index (χ4n) is 2.85. The topological polar surface area (TPSA) is 95.6 Å². The van der Waals surface area contributed by atoms with Crippen molar-refractivity contribution < 1.29 is 18.0 Å². The summed E-state index contributed by atoms with van der Waals surface area (Å²) in [5.74, 6) is -0.0784. The molecule has 0 spiro atoms. The van der Waals surface area contributed by atoms with Gasteiger partial charge >= 0.3 is 6.03 Å². The van der Waals surface area contributed by atoms with Crippen LogP contribution in [0.15, 0.2) is 23.1 Å². The number of unbranched alkanes of at least 4 members (excludes halogenated alkanes) is 1. The molecule has 1 atom stereocenters. The van der Waals surface area contributed by atoms with Crippen LogP contribution in [-0.2, 0) is 21.2 Å². The maximum absolute atomic E-state index is 12.3. The smallest absolute Gasteiger partial charge is 0.328 e. The Morgan fingerprint density at radius 1 is 1.33 bits per heavy atom. The monoisotopic (exact) mass is 353 g/mol. The molecule has 2 rings (SSSR count). The second-order valence-corrected chi connectivity index (χ2v) is 7.63. The van der Waals surface area contributed by atoms with Gasteiger partial charge in [0.25, 0.3) is 10.0 Å². The van der Waals surface area contributed by atoms with Gasteiger partial charge in [0.1, 0.15) is 0 Å². The largest absolute Gasteiger partial charge is 0.337 e. The third-order valence-electron chi connectivity index (χ3n) is 3.96. The third kappa shape index (κ3) is 3.87. The maximum atomic E-state index is 12.3. The van der Waals surface area contributed by atoms with E-state index in [2.05, 4.69) is 5.32 Å². The lowest BCUT2D eigenvalue weighted by atomic mass is 10.1. The van der Waals surface area contributed by atoms with E-state index in [1.165, 1.54) is 19.1 Å². The first-order chi connectivity index (χ1) is 11.3. The maximum Gasteiger partial charge on any atom is 0.328 e. The number of nitrogens with zero attached hydrogens (tertiary/aromatic N) is 1. The van der Waals surface area contributed by atoms with Gasteiger partial charge in [0.05, 0.1) is 4.90 Å². The highest BCUT2D eigenvalue weighted by molar-refractivity contribution is 7.90. The highest BCUT2D eigenvalue weighted by atomic mass is 32.2. The zero-order chi connectivity index (χ0) is 17.9. The van der Waals surface area contributed by atoms with Crippen molar-refractivity contribution in [2.75, 3.05) is 11.4 Å². The minimum Gasteiger partial charge on any atom is -0.337 e. The van der Waals surface area contributed by atoms with Crippen molar-refractivity contribution in [2.24, 2.45) is 0 Å². The van der Waals surface area contributed by atoms with Crippen LogP contribution >= 0.6 is 0 Å². The second kappa shape index (κ2) is 7.21. The van der Waals surface area contributed by atoms with Crippen molar-refractivity contribution in [1.82, 2.24) is 10.0 Å². The Kier molecular flexibility index (Phi) is 5.48. The van der Waals surface area contributed by atoms with Crippen LogP contribution in [0.4, 0.5) is 10.5 Å². The molecule has 0 aromatic heterocycles. The number of carbonyl (C=O) groups excluding carboxylic acids is 2. The number of anilines is 1. The van der Waals surface area contributed by atoms with Crippen molar-refractivity contribution >= 4 is 27.6 Å². The van der Waals surface area contributed by atoms with E-state index >= 15 is 0 Å². The highest BCUT2D eigenvalue weighted by Crippen LogP contribution is 2.33. The zero-order valence-electron chi connectivity index (χ0n) is 14.1. The van der Waals surface area contributed by atoms with Crippen molar-refractivity contribution in [3.63, 3.8) is 0 Å². The number of nitrogens with one attached hydrogen (secondary N) is 2. The SMILES string of the molecule is CCCCNC(=O)NS(=O)(=O)c1ccc2c(c1)CC(C)N2C(C)=O. The number of hydrogen-bond donors (Lipinski definition) is 2. The highest BCUT2D eigenvalue weighted by Gasteiger charge is 2.30. The van der Waals surface area contributed by atoms with Crippen molar-refractivity contribution in [1.29, 1.82) is 0 Å². The van der Waals surface area contributed by atoms with Crippen LogP contribution in [0.3, 0.4) is 0 Å². The molecular formula is C16H23N3O4S. The second-order valence-electron chi connectivity index (χ2n) is 5.95. The number of urea groups is 1. The fraction of sp³-hybridized carbons (Fsp3) is 0.500. The average molecular weight is 353 g/mol. The van der Waals surface area contributed by atoms with Crippen LogP contribution < -0.4 is 14.9 Å². The zero-order valence-corrected chi connectivity index (χ0v) is 14.9. The Morgan fingerprint density at radius 2 is 2.04 bits per heavy atom. The molecule has 0 saturated heterocycles. The Labute approximate surface area is 142 Å². The molecular weight excluding hydrogens is 330 g/mol. The number of benzene rings is 1. The van der Waals surface area contributed by atoms with E-state index in [1.54, 1.807) is 11.0 Å². The molecule has 0 radical (unpaired) electrons. The van der Waals surface area contributed by atoms with Gasteiger partial charge in [-0.1, -0.05) is 13.3 Å². The van der Waals surface area contributed by atoms with Gasteiger partial charge in [-0.3, -0.25) is 4.79 Å². The molecule has 3 amide bonds. The third-order valence-corrected chi connectivity index (χ3v) is 5.29. The lowest BCUT2D eigenvalue weighted by Crippen LogP contribution is -2.39. The summed E-state index contributed by atoms with van der Waals surface area (Å²) in [6.07, 6.45) is 2.27. The fourth-order valence-corrected chi connectivity index (χ4v) is 3.83. The van der Waals surface area contributed by atoms with Crippen molar-refractivity contribution in [3.8, 4) is 0 Å². The van der Waals surface area contributed by atoms with E-state index in [1.807, 2.05) is 18.6 Å². The Hall–Kier alpha value is -2.09. The number of amides is 3. The van der Waals surface area contributed by atoms with E-state index in [0.717, 1.165) is 24.1 Å². The summed E-state index contributed by atoms with van der Waals surface area (Å²) in [7, 11) is -3.94. The first-order valence-corrected chi connectivity index (χ1v) is 9.48. The van der Waals surface area contributed by atoms with E-state index < -0.39 is 16.1 Å². The Morgan fingerprint density at radius 3 is 2.67 bits per heavy atom. The number of hydrogen-bond acceptors (Lipinski definition) is 4. The van der Waals surface area contributed by atoms with Gasteiger partial charge in [-0.05, 0) is 43.5 Å². The minimum absolute atomic E-state index is 0.0132. The summed E-state index contributed by atoms with van der Waals surface area (Å²) >= 11 is 0. The van der Waals surface area contributed by atoms with Gasteiger partial charge in [-0.2, -0.15) is 0 Å². The van der Waals surface area contributed by atoms with Gasteiger partial charge in [-0.15, -0.1) is 0 Å². The molecule has 1 aliphatic rings. The standard InChI is InChI=1S/C16H23N3O4S/c1-4-5-8-17-16(21)18-24(22,23)14-6-7-15-13(10-14)9-11(2)19(15)12(3)20/h6-7,10-11H,4-5,8-9H2,1-3H3,(H2,17,18,21). The Bertz CT molecular complexity index is 746. The lowest BCUT2D eigenvalue weighted by Gasteiger charge is -2.20. The van der Waals surface area contributed by atoms with Crippen LogP contribution in [-0.4, -0.2) is 32.9 Å². The molecule has 0 fully saturated rings. The molecule has 24 heavy (non-hydrogen) atoms. The van der Waals surface area contributed by atoms with Gasteiger partial charge in [0.15, 0.2) is 0 Å². The van der Waals surface area contributed by atoms with E-state index in [-0.39, 0.29) is 16.8 Å². The van der Waals surface area contributed by atoms with Crippen LogP contribution in [0.5, 0.6) is 0 Å². The number of fused-ring (bicyclic) bond motifs is 1. The van der Waals surface area contributed by atoms with Crippen LogP contribution in [0.2, 0.25) is 0 Å². The van der Waals surface area contributed by atoms with E-state index in [4.69, 9.17) is 0 Å². The van der Waals surface area contributed by atoms with Crippen molar-refractivity contribution in [2.45, 2.75) is 51.0 Å². The van der Waals surface area contributed by atoms with Gasteiger partial charge in [-0.25, -0.2) is 17.9 Å². The summed E-state index contributed by atoms with van der Waals surface area (Å²) in [6, 6.07) is 3.80. The molecule has 132 valence electrons. The number of sulfonamides is 1. The molecule has 8 heteroatoms. The molecule has 0 saturated carbocycles. The van der Waals surface area contributed by atoms with E-state index in [9.17, 15) is 18.0 Å². The normalized spacial score (nSPS) is 16.6. The molecule has 0 aliphatic carbocycles. The summed E-state index contributed by atoms with van der Waals surface area (Å²) in [4.78, 5) is 25.1. The van der Waals surface area contributed by atoms with Crippen LogP contribution in [0.1, 0.15) is 39.2 Å². The molecule has 1 heterocycles. The molecule has 7 nitrogen and oxygen atoms in total. The quantitative estimate of drug-likeness (QED) is 0.789. The summed E-state index contributed by atoms with van der Waals surface area (Å²) in [5.41, 5.74) is 1.51. The minimum atomic E-state index is -3.94. The predicted octanol–water partition coefficient (Wildman–Crippen LogP) is 1.77. The summed E-state index contributed by atoms with van der Waals surface area (Å²) in [6.45, 7) is 5.80. The molecule has 0 bridgehead atoms. The molecule has 1 aliphatic heterocycles. The van der Waals surface area contributed by atoms with Gasteiger partial charge < -0.3 is 10.2 Å². The lowest BCUT2D eigenvalue weighted by molar-refractivity contribution is -0.116. The Balaban J connectivity index is 2.17. The van der Waals surface area contributed by atoms with Gasteiger partial charge in [0, 0.05) is 25.2 Å². The predicted molar refractivity (Wildman–Crippen MR) is 91.4 cm³/mol. The molecule has 2 N–H and O–H groups in total. The first kappa shape index (κ1) is 18.3. The number of rotatable bonds is 5.